The molecule has 9 N–H and O–H groups in total. The van der Waals surface area contributed by atoms with Gasteiger partial charge in [-0.3, -0.25) is 9.79 Å². The molecule has 322 valence electrons. The molecular weight excluding hydrogens is 775 g/mol. The van der Waals surface area contributed by atoms with Crippen LogP contribution in [0.15, 0.2) is 17.1 Å². The zero-order chi connectivity index (χ0) is 40.9. The number of carbonyl (C=O) groups is 1. The highest BCUT2D eigenvalue weighted by Gasteiger charge is 2.49. The number of fused-ring (bicyclic) bond motifs is 11. The molecule has 3 aliphatic carbocycles. The molecule has 58 heavy (non-hydrogen) atoms. The lowest BCUT2D eigenvalue weighted by Crippen LogP contribution is -2.66. The predicted octanol–water partition coefficient (Wildman–Crippen LogP) is 4.54. The van der Waals surface area contributed by atoms with E-state index in [1.807, 2.05) is 27.7 Å². The highest BCUT2D eigenvalue weighted by atomic mass is 33.1. The summed E-state index contributed by atoms with van der Waals surface area (Å²) in [5.41, 5.74) is 6.68. The minimum absolute atomic E-state index is 0.0152. The number of benzene rings is 1. The first-order chi connectivity index (χ1) is 27.9. The number of phenols is 1. The number of nitrogens with two attached hydrogens (primary N) is 1. The third kappa shape index (κ3) is 10.2. The highest BCUT2D eigenvalue weighted by molar-refractivity contribution is 8.76. The van der Waals surface area contributed by atoms with E-state index in [9.17, 15) is 25.2 Å². The fraction of sp³-hybridized carbons (Fsp3) is 0.773. The topological polar surface area (TPSA) is 191 Å². The lowest BCUT2D eigenvalue weighted by molar-refractivity contribution is -0.152. The highest BCUT2D eigenvalue weighted by Crippen LogP contribution is 2.46. The van der Waals surface area contributed by atoms with Gasteiger partial charge in [0.15, 0.2) is 17.5 Å². The molecule has 0 amide bonds. The second-order valence-corrected chi connectivity index (χ2v) is 20.9. The lowest BCUT2D eigenvalue weighted by Gasteiger charge is -2.52. The Morgan fingerprint density at radius 1 is 1.10 bits per heavy atom. The SMILES string of the molecule is CC(=O)O[C@H]1C[C@@H](O)CC[C@@]2([C@H](C)O)C#C[C@@H]3C[C@H]4CC[C@H](NCCSSCC5(CCCCC5)NC(N)=NC2)[C@]2(C4)C[C@@H](CCN2)Oc2cc(c(CO)cc2O)C[C@@H]31. The molecule has 4 aliphatic heterocycles. The fourth-order valence-electron chi connectivity index (χ4n) is 11.0. The Bertz CT molecular complexity index is 1680. The number of aliphatic hydroxyl groups is 3. The van der Waals surface area contributed by atoms with Crippen LogP contribution in [-0.2, 0) is 22.6 Å². The van der Waals surface area contributed by atoms with Crippen LogP contribution >= 0.6 is 21.6 Å². The maximum Gasteiger partial charge on any atom is 0.302 e. The average molecular weight is 842 g/mol. The summed E-state index contributed by atoms with van der Waals surface area (Å²) < 4.78 is 12.9. The monoisotopic (exact) mass is 841 g/mol. The molecule has 1 saturated heterocycles. The molecule has 0 aromatic heterocycles. The molecule has 7 aliphatic rings. The third-order valence-corrected chi connectivity index (χ3v) is 16.8. The van der Waals surface area contributed by atoms with Gasteiger partial charge in [-0.2, -0.15) is 0 Å². The van der Waals surface area contributed by atoms with Gasteiger partial charge in [-0.05, 0) is 107 Å². The van der Waals surface area contributed by atoms with E-state index in [1.165, 1.54) is 13.3 Å². The van der Waals surface area contributed by atoms with Crippen LogP contribution in [0.4, 0.5) is 0 Å². The number of rotatable bonds is 3. The van der Waals surface area contributed by atoms with Crippen molar-refractivity contribution in [3.05, 3.63) is 23.3 Å². The summed E-state index contributed by atoms with van der Waals surface area (Å²) in [6.45, 7) is 4.71. The molecule has 1 aromatic carbocycles. The Morgan fingerprint density at radius 2 is 1.93 bits per heavy atom. The van der Waals surface area contributed by atoms with Crippen LogP contribution in [0, 0.1) is 35.0 Å². The molecular formula is C44H67N5O7S2. The van der Waals surface area contributed by atoms with Crippen LogP contribution < -0.4 is 26.4 Å². The molecule has 0 radical (unpaired) electrons. The van der Waals surface area contributed by atoms with Gasteiger partial charge in [-0.15, -0.1) is 0 Å². The van der Waals surface area contributed by atoms with Gasteiger partial charge in [-0.25, -0.2) is 0 Å². The Balaban J connectivity index is 1.38. The van der Waals surface area contributed by atoms with Crippen LogP contribution in [0.2, 0.25) is 0 Å². The van der Waals surface area contributed by atoms with E-state index >= 15 is 0 Å². The number of ether oxygens (including phenoxy) is 2. The third-order valence-electron chi connectivity index (χ3n) is 14.3. The number of guanidine groups is 1. The molecule has 8 rings (SSSR count). The molecule has 8 bridgehead atoms. The number of piperidine rings is 1. The standard InChI is InChI=1S/C44H67N5O7S2/c1-28(51)42-13-8-31-18-30-6-7-40(46-16-17-57-58-27-43(11-4-3-5-12-43)49-41(45)47-26-42)44(23-30)24-35(10-15-48-44)56-39-21-32(33(25-50)20-37(39)54)19-36(31)38(55-29(2)52)22-34(53)9-14-42/h20-21,28,30-31,34-36,38,40,46,48,50-51,53-54H,3-7,9-12,14-19,22-27H2,1-2H3,(H3,45,47,49)/t28-,30+,31+,34-,35+,36-,38-,40-,42-,44-/m0/s1. The maximum atomic E-state index is 12.8. The number of phenolic OH excluding ortho intramolecular Hbond substituents is 1. The van der Waals surface area contributed by atoms with Crippen molar-refractivity contribution in [2.75, 3.05) is 31.1 Å². The summed E-state index contributed by atoms with van der Waals surface area (Å²) in [6.07, 6.45) is 9.47. The largest absolute Gasteiger partial charge is 0.504 e. The van der Waals surface area contributed by atoms with E-state index in [0.717, 1.165) is 94.4 Å². The van der Waals surface area contributed by atoms with Crippen LogP contribution in [0.25, 0.3) is 0 Å². The zero-order valence-electron chi connectivity index (χ0n) is 34.5. The van der Waals surface area contributed by atoms with E-state index in [2.05, 4.69) is 27.8 Å². The van der Waals surface area contributed by atoms with Crippen molar-refractivity contribution in [3.8, 4) is 23.3 Å². The van der Waals surface area contributed by atoms with Crippen molar-refractivity contribution in [1.29, 1.82) is 0 Å². The Hall–Kier alpha value is -2.38. The van der Waals surface area contributed by atoms with Crippen LogP contribution in [0.5, 0.6) is 11.5 Å². The van der Waals surface area contributed by atoms with E-state index in [-0.39, 0.29) is 66.3 Å². The number of carbonyl (C=O) groups excluding carboxylic acids is 1. The minimum Gasteiger partial charge on any atom is -0.504 e. The first-order valence-corrected chi connectivity index (χ1v) is 24.4. The van der Waals surface area contributed by atoms with Gasteiger partial charge in [0.25, 0.3) is 0 Å². The van der Waals surface area contributed by atoms with Crippen LogP contribution in [-0.4, -0.2) is 105 Å². The molecule has 1 aromatic rings. The zero-order valence-corrected chi connectivity index (χ0v) is 36.1. The average Bonchev–Trinajstić information content (AvgIpc) is 3.18. The summed E-state index contributed by atoms with van der Waals surface area (Å²) in [4.78, 5) is 17.8. The second-order valence-electron chi connectivity index (χ2n) is 18.4. The van der Waals surface area contributed by atoms with Gasteiger partial charge in [0.05, 0.1) is 30.8 Å². The molecule has 14 heteroatoms. The first-order valence-electron chi connectivity index (χ1n) is 21.9. The number of nitrogens with one attached hydrogen (secondary N) is 3. The van der Waals surface area contributed by atoms with Crippen molar-refractivity contribution in [1.82, 2.24) is 16.0 Å². The normalized spacial score (nSPS) is 36.4. The molecule has 2 saturated carbocycles. The molecule has 2 spiro atoms. The number of aliphatic hydroxyl groups excluding tert-OH is 3. The Morgan fingerprint density at radius 3 is 2.71 bits per heavy atom. The van der Waals surface area contributed by atoms with Crippen molar-refractivity contribution in [2.45, 2.75) is 158 Å². The molecule has 4 heterocycles. The summed E-state index contributed by atoms with van der Waals surface area (Å²) in [5.74, 6) is 9.11. The number of esters is 1. The van der Waals surface area contributed by atoms with Crippen molar-refractivity contribution in [3.63, 3.8) is 0 Å². The number of hydrogen-bond acceptors (Lipinski definition) is 14. The number of nitrogens with zero attached hydrogens (tertiary/aromatic N) is 1. The summed E-state index contributed by atoms with van der Waals surface area (Å²) in [6, 6.07) is 3.66. The van der Waals surface area contributed by atoms with Gasteiger partial charge >= 0.3 is 5.97 Å². The van der Waals surface area contributed by atoms with E-state index in [1.54, 1.807) is 13.0 Å². The van der Waals surface area contributed by atoms with Gasteiger partial charge < -0.3 is 51.6 Å². The quantitative estimate of drug-likeness (QED) is 0.120. The summed E-state index contributed by atoms with van der Waals surface area (Å²) >= 11 is 0. The first kappa shape index (κ1) is 43.7. The van der Waals surface area contributed by atoms with Crippen molar-refractivity contribution < 1.29 is 34.7 Å². The second kappa shape index (κ2) is 19.1. The summed E-state index contributed by atoms with van der Waals surface area (Å²) in [7, 11) is 3.81. The number of hydrogen-bond donors (Lipinski definition) is 8. The summed E-state index contributed by atoms with van der Waals surface area (Å²) in [5, 5.41) is 57.0. The predicted molar refractivity (Wildman–Crippen MR) is 231 cm³/mol. The molecule has 12 nitrogen and oxygen atoms in total. The molecule has 10 atom stereocenters. The Labute approximate surface area is 352 Å². The van der Waals surface area contributed by atoms with Gasteiger partial charge in [0.1, 0.15) is 12.2 Å². The van der Waals surface area contributed by atoms with Crippen molar-refractivity contribution >= 4 is 33.5 Å². The fourth-order valence-corrected chi connectivity index (χ4v) is 13.5. The number of aromatic hydroxyl groups is 1. The Kier molecular flexibility index (Phi) is 14.4. The van der Waals surface area contributed by atoms with E-state index in [0.29, 0.717) is 36.5 Å². The maximum absolute atomic E-state index is 12.8. The van der Waals surface area contributed by atoms with Gasteiger partial charge in [-0.1, -0.05) is 52.7 Å². The van der Waals surface area contributed by atoms with Crippen molar-refractivity contribution in [2.24, 2.45) is 33.9 Å². The molecule has 3 fully saturated rings. The number of aliphatic imine (C=N–C) groups is 1. The smallest absolute Gasteiger partial charge is 0.302 e. The van der Waals surface area contributed by atoms with Gasteiger partial charge in [0, 0.05) is 66.8 Å². The van der Waals surface area contributed by atoms with Crippen LogP contribution in [0.3, 0.4) is 0 Å². The van der Waals surface area contributed by atoms with Crippen LogP contribution in [0.1, 0.15) is 115 Å². The van der Waals surface area contributed by atoms with E-state index in [4.69, 9.17) is 20.2 Å². The minimum atomic E-state index is -0.991. The molecule has 0 unspecified atom stereocenters. The lowest BCUT2D eigenvalue weighted by atomic mass is 9.64. The van der Waals surface area contributed by atoms with Gasteiger partial charge in [0.2, 0.25) is 0 Å². The van der Waals surface area contributed by atoms with E-state index < -0.39 is 29.7 Å².